The molecule has 0 aliphatic heterocycles. The van der Waals surface area contributed by atoms with Crippen LogP contribution >= 0.6 is 11.3 Å². The summed E-state index contributed by atoms with van der Waals surface area (Å²) in [6, 6.07) is 14.2. The van der Waals surface area contributed by atoms with Gasteiger partial charge in [-0.25, -0.2) is 4.39 Å². The summed E-state index contributed by atoms with van der Waals surface area (Å²) in [5, 5.41) is 14.9. The van der Waals surface area contributed by atoms with Crippen molar-refractivity contribution in [2.75, 3.05) is 12.4 Å². The number of benzene rings is 2. The Bertz CT molecular complexity index is 1210. The molecule has 2 aromatic carbocycles. The third-order valence-electron chi connectivity index (χ3n) is 4.06. The zero-order valence-electron chi connectivity index (χ0n) is 19.1. The molecule has 4 aromatic rings. The van der Waals surface area contributed by atoms with Gasteiger partial charge < -0.3 is 14.8 Å². The SMILES string of the molecule is CC.CC.COc1cccc(Nc2cc3nccc(Oc4ccc([N+](=O)[O-])cc4F)c3s2)c1. The smallest absolute Gasteiger partial charge is 0.272 e. The summed E-state index contributed by atoms with van der Waals surface area (Å²) >= 11 is 1.40. The molecule has 0 fully saturated rings. The van der Waals surface area contributed by atoms with E-state index in [1.165, 1.54) is 23.5 Å². The molecule has 174 valence electrons. The van der Waals surface area contributed by atoms with Crippen molar-refractivity contribution in [3.05, 3.63) is 76.7 Å². The molecule has 4 rings (SSSR count). The molecule has 33 heavy (non-hydrogen) atoms. The fraction of sp³-hybridized carbons (Fsp3) is 0.208. The van der Waals surface area contributed by atoms with E-state index in [2.05, 4.69) is 10.3 Å². The Morgan fingerprint density at radius 1 is 1.03 bits per heavy atom. The van der Waals surface area contributed by atoms with Crippen molar-refractivity contribution in [1.29, 1.82) is 0 Å². The first-order valence-electron chi connectivity index (χ1n) is 10.4. The number of nitrogens with zero attached hydrogens (tertiary/aromatic N) is 2. The Balaban J connectivity index is 0.000000914. The van der Waals surface area contributed by atoms with Crippen LogP contribution in [0.3, 0.4) is 0 Å². The Morgan fingerprint density at radius 3 is 2.45 bits per heavy atom. The van der Waals surface area contributed by atoms with Crippen LogP contribution in [0.2, 0.25) is 0 Å². The summed E-state index contributed by atoms with van der Waals surface area (Å²) in [5.41, 5.74) is 1.19. The number of thiophene rings is 1. The van der Waals surface area contributed by atoms with Crippen molar-refractivity contribution in [3.8, 4) is 17.2 Å². The van der Waals surface area contributed by atoms with E-state index in [4.69, 9.17) is 9.47 Å². The predicted octanol–water partition coefficient (Wildman–Crippen LogP) is 7.94. The van der Waals surface area contributed by atoms with Crippen molar-refractivity contribution in [3.63, 3.8) is 0 Å². The van der Waals surface area contributed by atoms with Crippen LogP contribution in [-0.4, -0.2) is 17.0 Å². The lowest BCUT2D eigenvalue weighted by atomic mass is 10.3. The average Bonchev–Trinajstić information content (AvgIpc) is 3.26. The number of non-ortho nitro benzene ring substituents is 1. The molecule has 9 heteroatoms. The molecule has 0 spiro atoms. The van der Waals surface area contributed by atoms with Gasteiger partial charge in [0, 0.05) is 30.1 Å². The number of halogens is 1. The number of pyridine rings is 1. The number of fused-ring (bicyclic) bond motifs is 1. The van der Waals surface area contributed by atoms with Crippen molar-refractivity contribution in [1.82, 2.24) is 4.98 Å². The highest BCUT2D eigenvalue weighted by Gasteiger charge is 2.15. The van der Waals surface area contributed by atoms with Gasteiger partial charge in [0.05, 0.1) is 33.3 Å². The second-order valence-corrected chi connectivity index (χ2v) is 7.02. The maximum absolute atomic E-state index is 14.2. The van der Waals surface area contributed by atoms with E-state index in [1.54, 1.807) is 19.4 Å². The third kappa shape index (κ3) is 6.39. The van der Waals surface area contributed by atoms with Gasteiger partial charge in [0.25, 0.3) is 5.69 Å². The summed E-state index contributed by atoms with van der Waals surface area (Å²) in [5.74, 6) is 0.229. The number of ether oxygens (including phenoxy) is 2. The number of aromatic nitrogens is 1. The third-order valence-corrected chi connectivity index (χ3v) is 5.11. The van der Waals surface area contributed by atoms with Crippen molar-refractivity contribution in [2.24, 2.45) is 0 Å². The van der Waals surface area contributed by atoms with Crippen LogP contribution in [0.4, 0.5) is 20.8 Å². The average molecular weight is 472 g/mol. The van der Waals surface area contributed by atoms with E-state index in [-0.39, 0.29) is 11.4 Å². The van der Waals surface area contributed by atoms with Gasteiger partial charge in [-0.1, -0.05) is 33.8 Å². The van der Waals surface area contributed by atoms with E-state index in [0.717, 1.165) is 27.2 Å². The molecule has 7 nitrogen and oxygen atoms in total. The standard InChI is InChI=1S/C20H14FN3O4S.2C2H6/c1-27-14-4-2-3-12(9-14)23-19-11-16-20(29-19)18(7-8-22-16)28-17-6-5-13(24(25)26)10-15(17)21;2*1-2/h2-11,23H,1H3;2*1-2H3. The van der Waals surface area contributed by atoms with Crippen LogP contribution in [-0.2, 0) is 0 Å². The quantitative estimate of drug-likeness (QED) is 0.227. The van der Waals surface area contributed by atoms with Crippen molar-refractivity contribution >= 4 is 37.9 Å². The highest BCUT2D eigenvalue weighted by atomic mass is 32.1. The second kappa shape index (κ2) is 12.4. The molecule has 0 radical (unpaired) electrons. The first-order valence-corrected chi connectivity index (χ1v) is 11.3. The highest BCUT2D eigenvalue weighted by Crippen LogP contribution is 2.39. The molecule has 0 aliphatic carbocycles. The fourth-order valence-corrected chi connectivity index (χ4v) is 3.69. The van der Waals surface area contributed by atoms with Gasteiger partial charge in [-0.15, -0.1) is 11.3 Å². The van der Waals surface area contributed by atoms with Crippen LogP contribution in [0.1, 0.15) is 27.7 Å². The molecule has 0 unspecified atom stereocenters. The minimum absolute atomic E-state index is 0.0983. The van der Waals surface area contributed by atoms with E-state index < -0.39 is 10.7 Å². The number of nitrogens with one attached hydrogen (secondary N) is 1. The topological polar surface area (TPSA) is 86.5 Å². The maximum atomic E-state index is 14.2. The van der Waals surface area contributed by atoms with Crippen LogP contribution in [0.15, 0.2) is 60.8 Å². The summed E-state index contributed by atoms with van der Waals surface area (Å²) in [6.07, 6.45) is 1.56. The first kappa shape index (κ1) is 25.5. The molecule has 0 saturated carbocycles. The van der Waals surface area contributed by atoms with Gasteiger partial charge in [-0.2, -0.15) is 0 Å². The van der Waals surface area contributed by atoms with Crippen molar-refractivity contribution < 1.29 is 18.8 Å². The number of nitro groups is 1. The normalized spacial score (nSPS) is 9.76. The van der Waals surface area contributed by atoms with Crippen LogP contribution in [0.25, 0.3) is 10.2 Å². The second-order valence-electron chi connectivity index (χ2n) is 5.96. The van der Waals surface area contributed by atoms with E-state index in [0.29, 0.717) is 11.3 Å². The molecule has 0 saturated heterocycles. The number of hydrogen-bond acceptors (Lipinski definition) is 7. The summed E-state index contributed by atoms with van der Waals surface area (Å²) in [7, 11) is 1.60. The summed E-state index contributed by atoms with van der Waals surface area (Å²) in [6.45, 7) is 8.00. The van der Waals surface area contributed by atoms with Gasteiger partial charge in [0.2, 0.25) is 0 Å². The zero-order chi connectivity index (χ0) is 24.4. The number of nitro benzene ring substituents is 1. The van der Waals surface area contributed by atoms with Crippen molar-refractivity contribution in [2.45, 2.75) is 27.7 Å². The lowest BCUT2D eigenvalue weighted by Gasteiger charge is -2.07. The van der Waals surface area contributed by atoms with Gasteiger partial charge in [-0.3, -0.25) is 15.1 Å². The first-order chi connectivity index (χ1) is 16.0. The van der Waals surface area contributed by atoms with E-state index in [9.17, 15) is 14.5 Å². The molecule has 2 heterocycles. The minimum Gasteiger partial charge on any atom is -0.497 e. The molecule has 0 amide bonds. The lowest BCUT2D eigenvalue weighted by molar-refractivity contribution is -0.385. The van der Waals surface area contributed by atoms with Crippen LogP contribution < -0.4 is 14.8 Å². The largest absolute Gasteiger partial charge is 0.497 e. The molecule has 0 atom stereocenters. The van der Waals surface area contributed by atoms with Gasteiger partial charge in [-0.05, 0) is 24.3 Å². The number of anilines is 2. The monoisotopic (exact) mass is 471 g/mol. The predicted molar refractivity (Wildman–Crippen MR) is 132 cm³/mol. The Hall–Kier alpha value is -3.72. The number of methoxy groups -OCH3 is 1. The Labute approximate surface area is 196 Å². The fourth-order valence-electron chi connectivity index (χ4n) is 2.70. The molecule has 0 aliphatic rings. The molecule has 2 aromatic heterocycles. The van der Waals surface area contributed by atoms with Crippen LogP contribution in [0.5, 0.6) is 17.2 Å². The number of hydrogen-bond donors (Lipinski definition) is 1. The van der Waals surface area contributed by atoms with Gasteiger partial charge in [0.1, 0.15) is 11.5 Å². The Morgan fingerprint density at radius 2 is 1.79 bits per heavy atom. The minimum atomic E-state index is -0.810. The van der Waals surface area contributed by atoms with Crippen LogP contribution in [0, 0.1) is 15.9 Å². The lowest BCUT2D eigenvalue weighted by Crippen LogP contribution is -1.92. The molecular weight excluding hydrogens is 445 g/mol. The molecular formula is C24H26FN3O4S. The number of rotatable bonds is 6. The van der Waals surface area contributed by atoms with E-state index >= 15 is 0 Å². The molecule has 0 bridgehead atoms. The summed E-state index contributed by atoms with van der Waals surface area (Å²) < 4.78 is 25.8. The Kier molecular flexibility index (Phi) is 9.56. The zero-order valence-corrected chi connectivity index (χ0v) is 19.9. The molecule has 1 N–H and O–H groups in total. The highest BCUT2D eigenvalue weighted by molar-refractivity contribution is 7.23. The van der Waals surface area contributed by atoms with Gasteiger partial charge >= 0.3 is 0 Å². The van der Waals surface area contributed by atoms with E-state index in [1.807, 2.05) is 58.0 Å². The van der Waals surface area contributed by atoms with Gasteiger partial charge in [0.15, 0.2) is 11.6 Å². The maximum Gasteiger partial charge on any atom is 0.272 e. The summed E-state index contributed by atoms with van der Waals surface area (Å²) in [4.78, 5) is 14.4.